The summed E-state index contributed by atoms with van der Waals surface area (Å²) in [5, 5.41) is 10.5. The fourth-order valence-corrected chi connectivity index (χ4v) is 4.97. The Morgan fingerprint density at radius 2 is 1.80 bits per heavy atom. The van der Waals surface area contributed by atoms with E-state index in [4.69, 9.17) is 37.4 Å². The smallest absolute Gasteiger partial charge is 0.341 e. The Kier molecular flexibility index (Phi) is 8.42. The fraction of sp³-hybridized carbons (Fsp3) is 0.379. The van der Waals surface area contributed by atoms with E-state index in [-0.39, 0.29) is 28.0 Å². The number of carboxylic acid groups (broad SMARTS) is 1. The average molecular weight is 589 g/mol. The van der Waals surface area contributed by atoms with E-state index in [0.717, 1.165) is 6.07 Å². The number of rotatable bonds is 7. The molecular formula is C29H30Cl2N2O7. The molecule has 9 nitrogen and oxygen atoms in total. The third-order valence-corrected chi connectivity index (χ3v) is 7.19. The molecule has 4 rings (SSSR count). The Hall–Kier alpha value is -3.24. The monoisotopic (exact) mass is 588 g/mol. The Morgan fingerprint density at radius 3 is 2.33 bits per heavy atom. The zero-order valence-electron chi connectivity index (χ0n) is 22.8. The van der Waals surface area contributed by atoms with E-state index in [9.17, 15) is 19.5 Å². The Morgan fingerprint density at radius 1 is 1.12 bits per heavy atom. The molecule has 0 spiro atoms. The number of benzene rings is 1. The van der Waals surface area contributed by atoms with E-state index in [1.54, 1.807) is 63.6 Å². The minimum atomic E-state index is -1.42. The van der Waals surface area contributed by atoms with Gasteiger partial charge in [0.05, 0.1) is 34.6 Å². The molecule has 0 radical (unpaired) electrons. The van der Waals surface area contributed by atoms with Crippen molar-refractivity contribution in [3.8, 4) is 11.3 Å². The van der Waals surface area contributed by atoms with Crippen LogP contribution in [0.25, 0.3) is 11.3 Å². The van der Waals surface area contributed by atoms with Crippen LogP contribution in [0.3, 0.4) is 0 Å². The molecule has 40 heavy (non-hydrogen) atoms. The molecular weight excluding hydrogens is 559 g/mol. The molecule has 0 saturated carbocycles. The molecule has 1 saturated heterocycles. The van der Waals surface area contributed by atoms with Gasteiger partial charge in [-0.3, -0.25) is 14.6 Å². The van der Waals surface area contributed by atoms with Crippen LogP contribution in [-0.4, -0.2) is 45.4 Å². The molecule has 2 aromatic heterocycles. The molecule has 1 aliphatic rings. The highest BCUT2D eigenvalue weighted by molar-refractivity contribution is 6.42. The molecule has 1 atom stereocenters. The van der Waals surface area contributed by atoms with Gasteiger partial charge >= 0.3 is 11.9 Å². The van der Waals surface area contributed by atoms with Crippen LogP contribution in [0, 0.1) is 0 Å². The van der Waals surface area contributed by atoms with Gasteiger partial charge in [-0.15, -0.1) is 0 Å². The summed E-state index contributed by atoms with van der Waals surface area (Å²) >= 11 is 12.4. The number of hydrogen-bond acceptors (Lipinski definition) is 7. The highest BCUT2D eigenvalue weighted by Crippen LogP contribution is 2.35. The number of nitrogens with zero attached hydrogens (tertiary/aromatic N) is 2. The maximum absolute atomic E-state index is 13.7. The van der Waals surface area contributed by atoms with E-state index in [0.29, 0.717) is 30.0 Å². The zero-order valence-corrected chi connectivity index (χ0v) is 24.3. The van der Waals surface area contributed by atoms with Gasteiger partial charge in [0.15, 0.2) is 11.2 Å². The van der Waals surface area contributed by atoms with E-state index in [1.807, 2.05) is 0 Å². The van der Waals surface area contributed by atoms with Gasteiger partial charge in [-0.05, 0) is 52.8 Å². The summed E-state index contributed by atoms with van der Waals surface area (Å²) in [6, 6.07) is 9.12. The van der Waals surface area contributed by atoms with Crippen LogP contribution in [0.5, 0.6) is 0 Å². The minimum absolute atomic E-state index is 0.0847. The Labute approximate surface area is 241 Å². The number of hydrogen-bond donors (Lipinski definition) is 1. The van der Waals surface area contributed by atoms with E-state index < -0.39 is 40.2 Å². The van der Waals surface area contributed by atoms with E-state index in [2.05, 4.69) is 4.98 Å². The summed E-state index contributed by atoms with van der Waals surface area (Å²) in [5.74, 6) is -4.20. The van der Waals surface area contributed by atoms with E-state index in [1.165, 1.54) is 12.1 Å². The minimum Gasteiger partial charge on any atom is -0.477 e. The van der Waals surface area contributed by atoms with Crippen molar-refractivity contribution in [1.29, 1.82) is 0 Å². The first-order valence-electron chi connectivity index (χ1n) is 12.7. The topological polar surface area (TPSA) is 117 Å². The number of pyridine rings is 2. The summed E-state index contributed by atoms with van der Waals surface area (Å²) in [6.45, 7) is 9.84. The number of aromatic nitrogens is 2. The van der Waals surface area contributed by atoms with Gasteiger partial charge in [0.1, 0.15) is 17.1 Å². The van der Waals surface area contributed by atoms with Gasteiger partial charge in [-0.2, -0.15) is 0 Å². The zero-order chi connectivity index (χ0) is 29.4. The molecule has 3 heterocycles. The lowest BCUT2D eigenvalue weighted by Crippen LogP contribution is -2.32. The quantitative estimate of drug-likeness (QED) is 0.353. The summed E-state index contributed by atoms with van der Waals surface area (Å²) in [6.07, 6.45) is 1.55. The van der Waals surface area contributed by atoms with Crippen molar-refractivity contribution in [2.45, 2.75) is 58.5 Å². The third kappa shape index (κ3) is 5.93. The molecule has 0 aliphatic carbocycles. The first kappa shape index (κ1) is 29.7. The maximum Gasteiger partial charge on any atom is 0.341 e. The molecule has 1 N–H and O–H groups in total. The Balaban J connectivity index is 1.98. The SMILES string of the molecule is CCn1c(C(C(=O)OC(C)(C)C)c2ccc(C3(C)OCCO3)cn2)cc(=O)c(C(=O)O)c1-c1ccc(Cl)c(Cl)c1. The average Bonchev–Trinajstić information content (AvgIpc) is 3.32. The van der Waals surface area contributed by atoms with Gasteiger partial charge in [0.2, 0.25) is 0 Å². The van der Waals surface area contributed by atoms with Crippen LogP contribution in [0.4, 0.5) is 0 Å². The maximum atomic E-state index is 13.7. The first-order valence-corrected chi connectivity index (χ1v) is 13.4. The predicted molar refractivity (Wildman–Crippen MR) is 150 cm³/mol. The predicted octanol–water partition coefficient (Wildman–Crippen LogP) is 5.63. The normalized spacial score (nSPS) is 15.6. The van der Waals surface area contributed by atoms with Crippen LogP contribution >= 0.6 is 23.2 Å². The summed E-state index contributed by atoms with van der Waals surface area (Å²) in [4.78, 5) is 43.9. The lowest BCUT2D eigenvalue weighted by molar-refractivity contribution is -0.155. The number of esters is 1. The summed E-state index contributed by atoms with van der Waals surface area (Å²) < 4.78 is 18.8. The second-order valence-electron chi connectivity index (χ2n) is 10.4. The standard InChI is InChI=1S/C29H30Cl2N2O7/c1-6-33-21(14-22(34)24(26(35)36)25(33)16-7-9-18(30)19(31)13-16)23(27(37)40-28(2,3)4)20-10-8-17(15-32-20)29(5)38-11-12-39-29/h7-10,13-15,23H,6,11-12H2,1-5H3,(H,35,36). The number of carbonyl (C=O) groups is 2. The second kappa shape index (κ2) is 11.3. The molecule has 0 bridgehead atoms. The molecule has 11 heteroatoms. The van der Waals surface area contributed by atoms with Crippen molar-refractivity contribution in [1.82, 2.24) is 9.55 Å². The first-order chi connectivity index (χ1) is 18.8. The molecule has 1 fully saturated rings. The van der Waals surface area contributed by atoms with Crippen molar-refractivity contribution in [3.63, 3.8) is 0 Å². The second-order valence-corrected chi connectivity index (χ2v) is 11.2. The van der Waals surface area contributed by atoms with Crippen LogP contribution < -0.4 is 5.43 Å². The molecule has 3 aromatic rings. The highest BCUT2D eigenvalue weighted by Gasteiger charge is 2.36. The summed E-state index contributed by atoms with van der Waals surface area (Å²) in [7, 11) is 0. The van der Waals surface area contributed by atoms with Crippen molar-refractivity contribution >= 4 is 35.1 Å². The van der Waals surface area contributed by atoms with E-state index >= 15 is 0 Å². The fourth-order valence-electron chi connectivity index (χ4n) is 4.67. The molecule has 1 aliphatic heterocycles. The molecule has 1 unspecified atom stereocenters. The van der Waals surface area contributed by atoms with Gasteiger partial charge in [-0.1, -0.05) is 35.3 Å². The van der Waals surface area contributed by atoms with Crippen molar-refractivity contribution in [2.24, 2.45) is 0 Å². The number of aromatic carboxylic acids is 1. The van der Waals surface area contributed by atoms with Crippen LogP contribution in [0.15, 0.2) is 47.4 Å². The Bertz CT molecular complexity index is 1500. The largest absolute Gasteiger partial charge is 0.477 e. The third-order valence-electron chi connectivity index (χ3n) is 6.45. The highest BCUT2D eigenvalue weighted by atomic mass is 35.5. The molecule has 212 valence electrons. The molecule has 1 aromatic carbocycles. The van der Waals surface area contributed by atoms with Crippen molar-refractivity contribution in [2.75, 3.05) is 13.2 Å². The van der Waals surface area contributed by atoms with Crippen LogP contribution in [-0.2, 0) is 31.3 Å². The molecule has 0 amide bonds. The van der Waals surface area contributed by atoms with Gasteiger partial charge in [-0.25, -0.2) is 4.79 Å². The lowest BCUT2D eigenvalue weighted by Gasteiger charge is -2.28. The number of ether oxygens (including phenoxy) is 3. The summed E-state index contributed by atoms with van der Waals surface area (Å²) in [5.41, 5.74) is -0.486. The van der Waals surface area contributed by atoms with Crippen molar-refractivity contribution in [3.05, 3.63) is 85.4 Å². The van der Waals surface area contributed by atoms with Gasteiger partial charge in [0, 0.05) is 35.6 Å². The van der Waals surface area contributed by atoms with Crippen molar-refractivity contribution < 1.29 is 28.9 Å². The lowest BCUT2D eigenvalue weighted by atomic mass is 9.94. The van der Waals surface area contributed by atoms with Gasteiger partial charge < -0.3 is 23.9 Å². The van der Waals surface area contributed by atoms with Crippen LogP contribution in [0.2, 0.25) is 10.0 Å². The number of carbonyl (C=O) groups excluding carboxylic acids is 1. The van der Waals surface area contributed by atoms with Gasteiger partial charge in [0.25, 0.3) is 0 Å². The van der Waals surface area contributed by atoms with Crippen LogP contribution in [0.1, 0.15) is 67.8 Å². The number of carboxylic acids is 1. The number of halogens is 2.